The third-order valence-corrected chi connectivity index (χ3v) is 1.82. The minimum absolute atomic E-state index is 0. The summed E-state index contributed by atoms with van der Waals surface area (Å²) in [6, 6.07) is 8.25. The normalized spacial score (nSPS) is 14.2. The Labute approximate surface area is 85.9 Å². The molecule has 1 aliphatic rings. The molecule has 0 unspecified atom stereocenters. The molecule has 2 heteroatoms. The Bertz CT molecular complexity index is 218. The molecule has 0 saturated heterocycles. The predicted octanol–water partition coefficient (Wildman–Crippen LogP) is 1.86. The van der Waals surface area contributed by atoms with Gasteiger partial charge in [-0.3, -0.25) is 0 Å². The van der Waals surface area contributed by atoms with Gasteiger partial charge in [-0.25, -0.2) is 0 Å². The molecule has 0 aliphatic carbocycles. The molecule has 1 aliphatic heterocycles. The van der Waals surface area contributed by atoms with Gasteiger partial charge < -0.3 is 7.59 Å². The molecule has 1 nitrogen and oxygen atoms in total. The summed E-state index contributed by atoms with van der Waals surface area (Å²) in [5, 5.41) is 0. The first-order valence-electron chi connectivity index (χ1n) is 3.67. The Morgan fingerprint density at radius 3 is 2.91 bits per heavy atom. The third-order valence-electron chi connectivity index (χ3n) is 1.82. The molecule has 11 heavy (non-hydrogen) atoms. The number of aryl methyl sites for hydroxylation is 1. The molecule has 0 radical (unpaired) electrons. The van der Waals surface area contributed by atoms with Gasteiger partial charge in [0.1, 0.15) is 5.75 Å². The second-order valence-electron chi connectivity index (χ2n) is 2.56. The Balaban J connectivity index is 0. The quantitative estimate of drug-likeness (QED) is 0.527. The van der Waals surface area contributed by atoms with E-state index >= 15 is 0 Å². The van der Waals surface area contributed by atoms with Crippen LogP contribution in [0.4, 0.5) is 0 Å². The molecule has 0 atom stereocenters. The summed E-state index contributed by atoms with van der Waals surface area (Å²) in [6.07, 6.45) is 2.34. The van der Waals surface area contributed by atoms with Crippen LogP contribution < -0.4 is 4.74 Å². The zero-order chi connectivity index (χ0) is 6.81. The number of benzene rings is 1. The molecular weight excluding hydrogens is 148 g/mol. The largest absolute Gasteiger partial charge is 2.00 e. The van der Waals surface area contributed by atoms with E-state index in [9.17, 15) is 0 Å². The van der Waals surface area contributed by atoms with Crippen LogP contribution in [0.1, 0.15) is 14.8 Å². The molecule has 0 saturated carbocycles. The number of hydrogen-bond donors (Lipinski definition) is 0. The van der Waals surface area contributed by atoms with Crippen molar-refractivity contribution in [2.75, 3.05) is 6.61 Å². The van der Waals surface area contributed by atoms with Gasteiger partial charge in [-0.1, -0.05) is 18.2 Å². The summed E-state index contributed by atoms with van der Waals surface area (Å²) in [6.45, 7) is 0.886. The maximum Gasteiger partial charge on any atom is 2.00 e. The number of fused-ring (bicyclic) bond motifs is 1. The summed E-state index contributed by atoms with van der Waals surface area (Å²) in [5.41, 5.74) is 1.36. The summed E-state index contributed by atoms with van der Waals surface area (Å²) in [7, 11) is 0. The van der Waals surface area contributed by atoms with E-state index in [2.05, 4.69) is 12.1 Å². The van der Waals surface area contributed by atoms with Crippen LogP contribution >= 0.6 is 0 Å². The molecule has 0 spiro atoms. The molecular formula is C9H12MgO. The fraction of sp³-hybridized carbons (Fsp3) is 0.333. The van der Waals surface area contributed by atoms with Crippen molar-refractivity contribution in [1.29, 1.82) is 0 Å². The van der Waals surface area contributed by atoms with Crippen molar-refractivity contribution in [2.24, 2.45) is 0 Å². The van der Waals surface area contributed by atoms with Gasteiger partial charge in [0.15, 0.2) is 0 Å². The summed E-state index contributed by atoms with van der Waals surface area (Å²) in [4.78, 5) is 0. The van der Waals surface area contributed by atoms with E-state index in [4.69, 9.17) is 4.74 Å². The summed E-state index contributed by atoms with van der Waals surface area (Å²) < 4.78 is 5.42. The third kappa shape index (κ3) is 1.88. The van der Waals surface area contributed by atoms with E-state index in [0.717, 1.165) is 18.8 Å². The van der Waals surface area contributed by atoms with Crippen molar-refractivity contribution in [3.8, 4) is 5.75 Å². The van der Waals surface area contributed by atoms with Crippen molar-refractivity contribution in [2.45, 2.75) is 12.8 Å². The molecule has 2 rings (SSSR count). The van der Waals surface area contributed by atoms with Crippen LogP contribution in [0.3, 0.4) is 0 Å². The first kappa shape index (κ1) is 8.88. The van der Waals surface area contributed by atoms with E-state index in [0.29, 0.717) is 0 Å². The monoisotopic (exact) mass is 160 g/mol. The minimum atomic E-state index is 0. The maximum atomic E-state index is 5.42. The van der Waals surface area contributed by atoms with Crippen LogP contribution in [0.15, 0.2) is 24.3 Å². The number of para-hydroxylation sites is 1. The van der Waals surface area contributed by atoms with Gasteiger partial charge in [0, 0.05) is 0 Å². The van der Waals surface area contributed by atoms with E-state index < -0.39 is 0 Å². The van der Waals surface area contributed by atoms with E-state index in [1.54, 1.807) is 0 Å². The first-order valence-corrected chi connectivity index (χ1v) is 3.67. The fourth-order valence-electron chi connectivity index (χ4n) is 1.30. The van der Waals surface area contributed by atoms with Gasteiger partial charge >= 0.3 is 23.1 Å². The summed E-state index contributed by atoms with van der Waals surface area (Å²) in [5.74, 6) is 1.08. The van der Waals surface area contributed by atoms with Crippen LogP contribution in [0.25, 0.3) is 0 Å². The molecule has 1 heterocycles. The SMILES string of the molecule is [H-].[H-].[Mg+2].c1ccc2c(c1)CCCO2. The maximum absolute atomic E-state index is 5.42. The first-order chi connectivity index (χ1) is 4.97. The van der Waals surface area contributed by atoms with Crippen molar-refractivity contribution in [3.63, 3.8) is 0 Å². The van der Waals surface area contributed by atoms with Crippen LogP contribution in [0, 0.1) is 0 Å². The standard InChI is InChI=1S/C9H10O.Mg.2H/c1-2-6-9-8(4-1)5-3-7-10-9;;;/h1-2,4,6H,3,5,7H2;;;/q;+2;2*-1. The van der Waals surface area contributed by atoms with E-state index in [1.807, 2.05) is 12.1 Å². The smallest absolute Gasteiger partial charge is 1.00 e. The Morgan fingerprint density at radius 1 is 1.27 bits per heavy atom. The van der Waals surface area contributed by atoms with Crippen LogP contribution in [-0.4, -0.2) is 29.7 Å². The number of ether oxygens (including phenoxy) is 1. The number of hydrogen-bond acceptors (Lipinski definition) is 1. The average molecular weight is 160 g/mol. The van der Waals surface area contributed by atoms with Gasteiger partial charge in [0.25, 0.3) is 0 Å². The van der Waals surface area contributed by atoms with Crippen molar-refractivity contribution in [1.82, 2.24) is 0 Å². The van der Waals surface area contributed by atoms with Gasteiger partial charge in [-0.05, 0) is 24.5 Å². The average Bonchev–Trinajstić information content (AvgIpc) is 2.05. The minimum Gasteiger partial charge on any atom is -1.00 e. The fourth-order valence-corrected chi connectivity index (χ4v) is 1.30. The second-order valence-corrected chi connectivity index (χ2v) is 2.56. The van der Waals surface area contributed by atoms with Crippen molar-refractivity contribution >= 4 is 23.1 Å². The Morgan fingerprint density at radius 2 is 2.09 bits per heavy atom. The molecule has 0 fully saturated rings. The van der Waals surface area contributed by atoms with Gasteiger partial charge in [-0.15, -0.1) is 0 Å². The van der Waals surface area contributed by atoms with Crippen molar-refractivity contribution in [3.05, 3.63) is 29.8 Å². The van der Waals surface area contributed by atoms with Crippen LogP contribution in [0.2, 0.25) is 0 Å². The molecule has 1 aromatic rings. The van der Waals surface area contributed by atoms with Gasteiger partial charge in [-0.2, -0.15) is 0 Å². The Hall–Kier alpha value is -0.214. The zero-order valence-corrected chi connectivity index (χ0v) is 7.96. The van der Waals surface area contributed by atoms with E-state index in [1.165, 1.54) is 12.0 Å². The Kier molecular flexibility index (Phi) is 3.21. The van der Waals surface area contributed by atoms with Crippen LogP contribution in [0.5, 0.6) is 5.75 Å². The van der Waals surface area contributed by atoms with Gasteiger partial charge in [0.05, 0.1) is 6.61 Å². The van der Waals surface area contributed by atoms with Gasteiger partial charge in [0.2, 0.25) is 0 Å². The predicted molar refractivity (Wildman–Crippen MR) is 48.2 cm³/mol. The van der Waals surface area contributed by atoms with E-state index in [-0.39, 0.29) is 25.9 Å². The van der Waals surface area contributed by atoms with Crippen LogP contribution in [-0.2, 0) is 6.42 Å². The topological polar surface area (TPSA) is 9.23 Å². The molecule has 56 valence electrons. The van der Waals surface area contributed by atoms with Crippen molar-refractivity contribution < 1.29 is 7.59 Å². The summed E-state index contributed by atoms with van der Waals surface area (Å²) >= 11 is 0. The molecule has 1 aromatic carbocycles. The molecule has 0 amide bonds. The number of rotatable bonds is 0. The second kappa shape index (κ2) is 3.97. The molecule has 0 N–H and O–H groups in total. The zero-order valence-electron chi connectivity index (χ0n) is 8.55. The molecule has 0 aromatic heterocycles. The molecule has 0 bridgehead atoms.